The van der Waals surface area contributed by atoms with E-state index < -0.39 is 0 Å². The zero-order chi connectivity index (χ0) is 11.4. The quantitative estimate of drug-likeness (QED) is 0.794. The van der Waals surface area contributed by atoms with Gasteiger partial charge in [-0.05, 0) is 25.5 Å². The third-order valence-electron chi connectivity index (χ3n) is 2.42. The fourth-order valence-corrected chi connectivity index (χ4v) is 1.19. The van der Waals surface area contributed by atoms with Gasteiger partial charge in [0.15, 0.2) is 10.8 Å². The third-order valence-corrected chi connectivity index (χ3v) is 2.63. The minimum atomic E-state index is -0.131. The lowest BCUT2D eigenvalue weighted by Crippen LogP contribution is -2.35. The molecular formula is C10H14ClN3O. The predicted molar refractivity (Wildman–Crippen MR) is 58.9 cm³/mol. The number of halogens is 1. The van der Waals surface area contributed by atoms with Gasteiger partial charge in [0, 0.05) is 13.1 Å². The van der Waals surface area contributed by atoms with Crippen LogP contribution in [0.5, 0.6) is 0 Å². The van der Waals surface area contributed by atoms with Gasteiger partial charge in [0.05, 0.1) is 0 Å². The number of rotatable bonds is 3. The number of carbonyl (C=O) groups is 1. The van der Waals surface area contributed by atoms with Crippen molar-refractivity contribution in [3.05, 3.63) is 23.0 Å². The monoisotopic (exact) mass is 227 g/mol. The third kappa shape index (κ3) is 2.89. The van der Waals surface area contributed by atoms with E-state index in [-0.39, 0.29) is 17.1 Å². The molecule has 0 aliphatic heterocycles. The Morgan fingerprint density at radius 3 is 2.67 bits per heavy atom. The summed E-state index contributed by atoms with van der Waals surface area (Å²) < 4.78 is 0. The highest BCUT2D eigenvalue weighted by molar-refractivity contribution is 6.29. The summed E-state index contributed by atoms with van der Waals surface area (Å²) in [6, 6.07) is 3.33. The molecule has 5 heteroatoms. The number of hydrogen-bond donors (Lipinski definition) is 0. The molecule has 0 aliphatic rings. The highest BCUT2D eigenvalue weighted by Crippen LogP contribution is 2.07. The van der Waals surface area contributed by atoms with Gasteiger partial charge in [-0.2, -0.15) is 0 Å². The van der Waals surface area contributed by atoms with E-state index in [9.17, 15) is 4.79 Å². The van der Waals surface area contributed by atoms with Crippen LogP contribution in [0.3, 0.4) is 0 Å². The Hall–Kier alpha value is -1.16. The molecule has 0 fully saturated rings. The molecule has 1 aromatic rings. The summed E-state index contributed by atoms with van der Waals surface area (Å²) in [7, 11) is 1.76. The lowest BCUT2D eigenvalue weighted by molar-refractivity contribution is 0.0733. The van der Waals surface area contributed by atoms with Gasteiger partial charge in [0.1, 0.15) is 0 Å². The van der Waals surface area contributed by atoms with Crippen LogP contribution in [0.25, 0.3) is 0 Å². The predicted octanol–water partition coefficient (Wildman–Crippen LogP) is 2.00. The smallest absolute Gasteiger partial charge is 0.274 e. The van der Waals surface area contributed by atoms with Crippen LogP contribution in [-0.4, -0.2) is 34.1 Å². The normalized spacial score (nSPS) is 12.3. The van der Waals surface area contributed by atoms with Crippen molar-refractivity contribution in [1.82, 2.24) is 15.1 Å². The summed E-state index contributed by atoms with van der Waals surface area (Å²) in [5.41, 5.74) is 0.321. The van der Waals surface area contributed by atoms with Crippen molar-refractivity contribution in [2.24, 2.45) is 0 Å². The molecule has 4 nitrogen and oxygen atoms in total. The van der Waals surface area contributed by atoms with E-state index in [1.807, 2.05) is 13.8 Å². The van der Waals surface area contributed by atoms with Gasteiger partial charge in [-0.3, -0.25) is 4.79 Å². The fraction of sp³-hybridized carbons (Fsp3) is 0.500. The van der Waals surface area contributed by atoms with Crippen molar-refractivity contribution >= 4 is 17.5 Å². The second-order valence-corrected chi connectivity index (χ2v) is 3.80. The van der Waals surface area contributed by atoms with E-state index in [4.69, 9.17) is 11.6 Å². The largest absolute Gasteiger partial charge is 0.338 e. The molecule has 1 aromatic heterocycles. The van der Waals surface area contributed by atoms with Crippen LogP contribution >= 0.6 is 11.6 Å². The molecule has 0 aromatic carbocycles. The van der Waals surface area contributed by atoms with Crippen LogP contribution in [0.4, 0.5) is 0 Å². The molecule has 0 aliphatic carbocycles. The summed E-state index contributed by atoms with van der Waals surface area (Å²) >= 11 is 5.59. The van der Waals surface area contributed by atoms with Crippen LogP contribution in [0.2, 0.25) is 5.15 Å². The van der Waals surface area contributed by atoms with E-state index in [1.165, 1.54) is 0 Å². The Balaban J connectivity index is 2.80. The van der Waals surface area contributed by atoms with E-state index in [1.54, 1.807) is 24.1 Å². The number of aromatic nitrogens is 2. The highest BCUT2D eigenvalue weighted by atomic mass is 35.5. The maximum Gasteiger partial charge on any atom is 0.274 e. The summed E-state index contributed by atoms with van der Waals surface area (Å²) in [6.07, 6.45) is 0.906. The Morgan fingerprint density at radius 1 is 1.53 bits per heavy atom. The van der Waals surface area contributed by atoms with Gasteiger partial charge in [-0.1, -0.05) is 18.5 Å². The summed E-state index contributed by atoms with van der Waals surface area (Å²) in [4.78, 5) is 13.5. The van der Waals surface area contributed by atoms with E-state index >= 15 is 0 Å². The average Bonchev–Trinajstić information content (AvgIpc) is 2.27. The minimum Gasteiger partial charge on any atom is -0.338 e. The average molecular weight is 228 g/mol. The standard InChI is InChI=1S/C10H14ClN3O/c1-4-7(2)14(3)10(15)8-5-6-9(11)13-12-8/h5-7H,4H2,1-3H3. The molecule has 1 heterocycles. The molecule has 1 atom stereocenters. The number of hydrogen-bond acceptors (Lipinski definition) is 3. The molecule has 0 saturated carbocycles. The minimum absolute atomic E-state index is 0.131. The Morgan fingerprint density at radius 2 is 2.20 bits per heavy atom. The molecule has 15 heavy (non-hydrogen) atoms. The van der Waals surface area contributed by atoms with Crippen molar-refractivity contribution < 1.29 is 4.79 Å². The van der Waals surface area contributed by atoms with E-state index in [2.05, 4.69) is 10.2 Å². The molecule has 1 unspecified atom stereocenters. The van der Waals surface area contributed by atoms with Crippen LogP contribution < -0.4 is 0 Å². The highest BCUT2D eigenvalue weighted by Gasteiger charge is 2.17. The molecule has 0 spiro atoms. The van der Waals surface area contributed by atoms with Gasteiger partial charge >= 0.3 is 0 Å². The van der Waals surface area contributed by atoms with Crippen molar-refractivity contribution in [3.8, 4) is 0 Å². The van der Waals surface area contributed by atoms with Crippen LogP contribution in [0.15, 0.2) is 12.1 Å². The summed E-state index contributed by atoms with van der Waals surface area (Å²) in [5, 5.41) is 7.67. The van der Waals surface area contributed by atoms with Crippen molar-refractivity contribution in [3.63, 3.8) is 0 Å². The van der Waals surface area contributed by atoms with Crippen LogP contribution in [-0.2, 0) is 0 Å². The number of nitrogens with zero attached hydrogens (tertiary/aromatic N) is 3. The van der Waals surface area contributed by atoms with Gasteiger partial charge < -0.3 is 4.90 Å². The molecule has 0 radical (unpaired) electrons. The molecule has 1 rings (SSSR count). The second-order valence-electron chi connectivity index (χ2n) is 3.41. The zero-order valence-corrected chi connectivity index (χ0v) is 9.82. The SMILES string of the molecule is CCC(C)N(C)C(=O)c1ccc(Cl)nn1. The van der Waals surface area contributed by atoms with Crippen molar-refractivity contribution in [2.75, 3.05) is 7.05 Å². The first-order valence-electron chi connectivity index (χ1n) is 4.82. The topological polar surface area (TPSA) is 46.1 Å². The first-order valence-corrected chi connectivity index (χ1v) is 5.20. The fourth-order valence-electron chi connectivity index (χ4n) is 1.08. The molecule has 1 amide bonds. The maximum atomic E-state index is 11.8. The molecule has 0 bridgehead atoms. The Labute approximate surface area is 94.3 Å². The molecule has 0 saturated heterocycles. The van der Waals surface area contributed by atoms with Gasteiger partial charge in [0.25, 0.3) is 5.91 Å². The second kappa shape index (κ2) is 5.07. The van der Waals surface area contributed by atoms with Gasteiger partial charge in [-0.25, -0.2) is 0 Å². The van der Waals surface area contributed by atoms with E-state index in [0.29, 0.717) is 5.69 Å². The first kappa shape index (κ1) is 11.9. The number of carbonyl (C=O) groups excluding carboxylic acids is 1. The lowest BCUT2D eigenvalue weighted by atomic mass is 10.2. The first-order chi connectivity index (χ1) is 7.06. The molecular weight excluding hydrogens is 214 g/mol. The summed E-state index contributed by atoms with van der Waals surface area (Å²) in [5.74, 6) is -0.131. The van der Waals surface area contributed by atoms with E-state index in [0.717, 1.165) is 6.42 Å². The molecule has 0 N–H and O–H groups in total. The van der Waals surface area contributed by atoms with Crippen LogP contribution in [0.1, 0.15) is 30.8 Å². The number of amides is 1. The zero-order valence-electron chi connectivity index (χ0n) is 9.07. The van der Waals surface area contributed by atoms with Gasteiger partial charge in [-0.15, -0.1) is 10.2 Å². The maximum absolute atomic E-state index is 11.8. The summed E-state index contributed by atoms with van der Waals surface area (Å²) in [6.45, 7) is 4.02. The molecule has 82 valence electrons. The van der Waals surface area contributed by atoms with Gasteiger partial charge in [0.2, 0.25) is 0 Å². The Bertz CT molecular complexity index is 339. The van der Waals surface area contributed by atoms with Crippen molar-refractivity contribution in [2.45, 2.75) is 26.3 Å². The Kier molecular flexibility index (Phi) is 4.03. The van der Waals surface area contributed by atoms with Crippen LogP contribution in [0, 0.1) is 0 Å². The lowest BCUT2D eigenvalue weighted by Gasteiger charge is -2.22. The van der Waals surface area contributed by atoms with Crippen molar-refractivity contribution in [1.29, 1.82) is 0 Å².